The third-order valence-electron chi connectivity index (χ3n) is 3.36. The van der Waals surface area contributed by atoms with Gasteiger partial charge in [0.1, 0.15) is 18.2 Å². The van der Waals surface area contributed by atoms with Crippen LogP contribution in [-0.2, 0) is 0 Å². The van der Waals surface area contributed by atoms with Gasteiger partial charge in [0.2, 0.25) is 5.88 Å². The molecular formula is C13H23N5O. The Morgan fingerprint density at radius 1 is 1.37 bits per heavy atom. The van der Waals surface area contributed by atoms with E-state index in [1.807, 2.05) is 0 Å². The summed E-state index contributed by atoms with van der Waals surface area (Å²) in [7, 11) is 0. The molecule has 0 radical (unpaired) electrons. The smallest absolute Gasteiger partial charge is 0.218 e. The van der Waals surface area contributed by atoms with E-state index in [0.29, 0.717) is 24.2 Å². The zero-order chi connectivity index (χ0) is 13.7. The molecule has 0 saturated heterocycles. The Bertz CT molecular complexity index is 404. The highest BCUT2D eigenvalue weighted by Gasteiger charge is 2.27. The van der Waals surface area contributed by atoms with Crippen LogP contribution in [0.2, 0.25) is 0 Å². The summed E-state index contributed by atoms with van der Waals surface area (Å²) < 4.78 is 5.71. The lowest BCUT2D eigenvalue weighted by Crippen LogP contribution is -2.28. The second kappa shape index (κ2) is 6.68. The van der Waals surface area contributed by atoms with Crippen molar-refractivity contribution >= 4 is 5.82 Å². The van der Waals surface area contributed by atoms with Crippen LogP contribution < -0.4 is 16.0 Å². The molecule has 0 amide bonds. The lowest BCUT2D eigenvalue weighted by molar-refractivity contribution is 0.217. The van der Waals surface area contributed by atoms with Crippen LogP contribution in [0.25, 0.3) is 0 Å². The number of nitrogens with two attached hydrogens (primary N) is 1. The van der Waals surface area contributed by atoms with Crippen molar-refractivity contribution in [2.75, 3.05) is 31.7 Å². The minimum Gasteiger partial charge on any atom is -0.476 e. The van der Waals surface area contributed by atoms with Gasteiger partial charge in [-0.1, -0.05) is 13.8 Å². The molecule has 1 heterocycles. The SMILES string of the molecule is CCN(CC)CCOc1cc(NN)nc(C2CC2)n1. The van der Waals surface area contributed by atoms with E-state index in [0.717, 1.165) is 38.3 Å². The second-order valence-electron chi connectivity index (χ2n) is 4.74. The van der Waals surface area contributed by atoms with E-state index in [2.05, 4.69) is 34.1 Å². The van der Waals surface area contributed by atoms with Gasteiger partial charge in [-0.3, -0.25) is 0 Å². The number of hydrazine groups is 1. The van der Waals surface area contributed by atoms with Crippen LogP contribution in [0.4, 0.5) is 5.82 Å². The van der Waals surface area contributed by atoms with Crippen LogP contribution in [0.5, 0.6) is 5.88 Å². The molecule has 3 N–H and O–H groups in total. The second-order valence-corrected chi connectivity index (χ2v) is 4.74. The topological polar surface area (TPSA) is 76.3 Å². The van der Waals surface area contributed by atoms with Gasteiger partial charge < -0.3 is 15.1 Å². The number of anilines is 1. The van der Waals surface area contributed by atoms with Crippen molar-refractivity contribution in [1.29, 1.82) is 0 Å². The first-order valence-electron chi connectivity index (χ1n) is 6.97. The minimum atomic E-state index is 0.485. The van der Waals surface area contributed by atoms with E-state index in [4.69, 9.17) is 10.6 Å². The molecule has 2 rings (SSSR count). The molecule has 0 aromatic carbocycles. The monoisotopic (exact) mass is 265 g/mol. The minimum absolute atomic E-state index is 0.485. The van der Waals surface area contributed by atoms with Gasteiger partial charge in [0.05, 0.1) is 0 Å². The molecule has 0 aliphatic heterocycles. The first-order chi connectivity index (χ1) is 9.26. The lowest BCUT2D eigenvalue weighted by Gasteiger charge is -2.18. The Kier molecular flexibility index (Phi) is 4.93. The Balaban J connectivity index is 1.93. The molecule has 1 aromatic rings. The quantitative estimate of drug-likeness (QED) is 0.546. The van der Waals surface area contributed by atoms with Crippen molar-refractivity contribution in [2.24, 2.45) is 5.84 Å². The average molecular weight is 265 g/mol. The number of likely N-dealkylation sites (N-methyl/N-ethyl adjacent to an activating group) is 1. The number of nitrogen functional groups attached to an aromatic ring is 1. The fourth-order valence-electron chi connectivity index (χ4n) is 1.93. The van der Waals surface area contributed by atoms with E-state index in [1.165, 1.54) is 0 Å². The molecule has 1 aliphatic rings. The zero-order valence-electron chi connectivity index (χ0n) is 11.7. The molecule has 106 valence electrons. The van der Waals surface area contributed by atoms with Crippen LogP contribution in [0.3, 0.4) is 0 Å². The Hall–Kier alpha value is -1.40. The van der Waals surface area contributed by atoms with Gasteiger partial charge in [0.25, 0.3) is 0 Å². The average Bonchev–Trinajstić information content (AvgIpc) is 3.28. The number of nitrogens with one attached hydrogen (secondary N) is 1. The summed E-state index contributed by atoms with van der Waals surface area (Å²) in [6.07, 6.45) is 2.32. The van der Waals surface area contributed by atoms with Crippen LogP contribution in [-0.4, -0.2) is 41.1 Å². The van der Waals surface area contributed by atoms with Crippen LogP contribution in [0, 0.1) is 0 Å². The molecule has 6 nitrogen and oxygen atoms in total. The molecule has 0 atom stereocenters. The normalized spacial score (nSPS) is 14.7. The van der Waals surface area contributed by atoms with Gasteiger partial charge in [-0.05, 0) is 25.9 Å². The lowest BCUT2D eigenvalue weighted by atomic mass is 10.4. The summed E-state index contributed by atoms with van der Waals surface area (Å²) in [6.45, 7) is 7.90. The van der Waals surface area contributed by atoms with Gasteiger partial charge in [-0.25, -0.2) is 10.8 Å². The Labute approximate surface area is 114 Å². The van der Waals surface area contributed by atoms with Gasteiger partial charge in [-0.15, -0.1) is 0 Å². The maximum absolute atomic E-state index is 5.71. The molecule has 1 fully saturated rings. The predicted octanol–water partition coefficient (Wildman–Crippen LogP) is 1.36. The van der Waals surface area contributed by atoms with Crippen molar-refractivity contribution in [3.8, 4) is 5.88 Å². The summed E-state index contributed by atoms with van der Waals surface area (Å²) in [6, 6.07) is 1.74. The summed E-state index contributed by atoms with van der Waals surface area (Å²) in [5.74, 6) is 7.98. The number of nitrogens with zero attached hydrogens (tertiary/aromatic N) is 3. The van der Waals surface area contributed by atoms with Crippen molar-refractivity contribution in [1.82, 2.24) is 14.9 Å². The summed E-state index contributed by atoms with van der Waals surface area (Å²) >= 11 is 0. The number of ether oxygens (including phenoxy) is 1. The third kappa shape index (κ3) is 4.04. The molecule has 19 heavy (non-hydrogen) atoms. The van der Waals surface area contributed by atoms with E-state index < -0.39 is 0 Å². The molecule has 0 unspecified atom stereocenters. The van der Waals surface area contributed by atoms with Gasteiger partial charge >= 0.3 is 0 Å². The van der Waals surface area contributed by atoms with E-state index in [9.17, 15) is 0 Å². The fraction of sp³-hybridized carbons (Fsp3) is 0.692. The highest BCUT2D eigenvalue weighted by molar-refractivity contribution is 5.38. The van der Waals surface area contributed by atoms with Crippen molar-refractivity contribution < 1.29 is 4.74 Å². The number of hydrogen-bond acceptors (Lipinski definition) is 6. The molecule has 1 saturated carbocycles. The van der Waals surface area contributed by atoms with Crippen LogP contribution >= 0.6 is 0 Å². The molecule has 1 aromatic heterocycles. The van der Waals surface area contributed by atoms with Gasteiger partial charge in [-0.2, -0.15) is 4.98 Å². The van der Waals surface area contributed by atoms with Gasteiger partial charge in [0, 0.05) is 18.5 Å². The van der Waals surface area contributed by atoms with Crippen molar-refractivity contribution in [3.63, 3.8) is 0 Å². The first-order valence-corrected chi connectivity index (χ1v) is 6.97. The van der Waals surface area contributed by atoms with Gasteiger partial charge in [0.15, 0.2) is 0 Å². The van der Waals surface area contributed by atoms with E-state index in [1.54, 1.807) is 6.07 Å². The summed E-state index contributed by atoms with van der Waals surface area (Å²) in [5, 5.41) is 0. The Morgan fingerprint density at radius 3 is 2.68 bits per heavy atom. The van der Waals surface area contributed by atoms with E-state index in [-0.39, 0.29) is 0 Å². The molecule has 0 spiro atoms. The third-order valence-corrected chi connectivity index (χ3v) is 3.36. The molecule has 6 heteroatoms. The molecule has 1 aliphatic carbocycles. The molecular weight excluding hydrogens is 242 g/mol. The maximum Gasteiger partial charge on any atom is 0.218 e. The van der Waals surface area contributed by atoms with Crippen LogP contribution in [0.1, 0.15) is 38.4 Å². The fourth-order valence-corrected chi connectivity index (χ4v) is 1.93. The van der Waals surface area contributed by atoms with Crippen molar-refractivity contribution in [2.45, 2.75) is 32.6 Å². The highest BCUT2D eigenvalue weighted by atomic mass is 16.5. The predicted molar refractivity (Wildman–Crippen MR) is 75.1 cm³/mol. The Morgan fingerprint density at radius 2 is 2.11 bits per heavy atom. The summed E-state index contributed by atoms with van der Waals surface area (Å²) in [5.41, 5.74) is 2.57. The summed E-state index contributed by atoms with van der Waals surface area (Å²) in [4.78, 5) is 11.1. The molecule has 0 bridgehead atoms. The van der Waals surface area contributed by atoms with Crippen molar-refractivity contribution in [3.05, 3.63) is 11.9 Å². The highest BCUT2D eigenvalue weighted by Crippen LogP contribution is 2.38. The standard InChI is InChI=1S/C13H23N5O/c1-3-18(4-2)7-8-19-12-9-11(17-14)15-13(16-12)10-5-6-10/h9-10H,3-8,14H2,1-2H3,(H,15,16,17). The van der Waals surface area contributed by atoms with Crippen LogP contribution in [0.15, 0.2) is 6.07 Å². The maximum atomic E-state index is 5.71. The largest absolute Gasteiger partial charge is 0.476 e. The van der Waals surface area contributed by atoms with E-state index >= 15 is 0 Å². The number of hydrogen-bond donors (Lipinski definition) is 2. The number of aromatic nitrogens is 2. The first kappa shape index (κ1) is 14.0. The zero-order valence-corrected chi connectivity index (χ0v) is 11.7. The number of rotatable bonds is 8.